The normalized spacial score (nSPS) is 15.3. The second-order valence-corrected chi connectivity index (χ2v) is 7.85. The van der Waals surface area contributed by atoms with Crippen LogP contribution in [0.25, 0.3) is 22.5 Å². The van der Waals surface area contributed by atoms with E-state index in [2.05, 4.69) is 92.7 Å². The summed E-state index contributed by atoms with van der Waals surface area (Å²) in [7, 11) is 0. The lowest BCUT2D eigenvalue weighted by Crippen LogP contribution is -2.23. The van der Waals surface area contributed by atoms with Crippen molar-refractivity contribution in [2.45, 2.75) is 39.9 Å². The van der Waals surface area contributed by atoms with Crippen molar-refractivity contribution >= 4 is 11.5 Å². The van der Waals surface area contributed by atoms with E-state index in [0.29, 0.717) is 5.82 Å². The third-order valence-electron chi connectivity index (χ3n) is 5.79. The summed E-state index contributed by atoms with van der Waals surface area (Å²) in [6.45, 7) is 7.20. The number of aromatic amines is 1. The number of hydrogen-bond donors (Lipinski definition) is 2. The van der Waals surface area contributed by atoms with Gasteiger partial charge in [0.05, 0.1) is 0 Å². The number of hydrogen-bond acceptors (Lipinski definition) is 5. The Morgan fingerprint density at radius 1 is 1.00 bits per heavy atom. The van der Waals surface area contributed by atoms with Gasteiger partial charge in [0.15, 0.2) is 0 Å². The summed E-state index contributed by atoms with van der Waals surface area (Å²) in [6.07, 6.45) is 1.07. The topological polar surface area (TPSA) is 83.8 Å². The summed E-state index contributed by atoms with van der Waals surface area (Å²) in [5.41, 5.74) is 8.05. The van der Waals surface area contributed by atoms with E-state index in [4.69, 9.17) is 0 Å². The maximum Gasteiger partial charge on any atom is 0.205 e. The molecule has 0 bridgehead atoms. The molecule has 1 aliphatic rings. The van der Waals surface area contributed by atoms with Crippen LogP contribution in [-0.2, 0) is 13.0 Å². The zero-order valence-electron chi connectivity index (χ0n) is 17.9. The molecular weight excluding hydrogens is 386 g/mol. The number of rotatable bonds is 5. The van der Waals surface area contributed by atoms with Crippen LogP contribution < -0.4 is 5.32 Å². The minimum atomic E-state index is 0.0925. The fraction of sp³-hybridized carbons (Fsp3) is 0.250. The van der Waals surface area contributed by atoms with E-state index in [1.54, 1.807) is 0 Å². The summed E-state index contributed by atoms with van der Waals surface area (Å²) in [6, 6.07) is 19.1. The van der Waals surface area contributed by atoms with Gasteiger partial charge in [-0.15, -0.1) is 10.2 Å². The molecule has 2 aromatic heterocycles. The molecule has 4 aromatic rings. The number of fused-ring (bicyclic) bond motifs is 1. The molecule has 0 radical (unpaired) electrons. The molecule has 31 heavy (non-hydrogen) atoms. The molecule has 7 heteroatoms. The molecule has 0 fully saturated rings. The zero-order valence-corrected chi connectivity index (χ0v) is 17.9. The highest BCUT2D eigenvalue weighted by atomic mass is 15.5. The van der Waals surface area contributed by atoms with Gasteiger partial charge in [0.25, 0.3) is 0 Å². The molecular formula is C24H25N7. The van der Waals surface area contributed by atoms with Crippen LogP contribution >= 0.6 is 0 Å². The number of anilines is 1. The van der Waals surface area contributed by atoms with E-state index < -0.39 is 0 Å². The summed E-state index contributed by atoms with van der Waals surface area (Å²) in [5.74, 6) is 1.77. The molecule has 156 valence electrons. The molecule has 1 aliphatic heterocycles. The molecule has 2 aromatic carbocycles. The van der Waals surface area contributed by atoms with E-state index in [1.165, 1.54) is 22.6 Å². The Morgan fingerprint density at radius 2 is 1.77 bits per heavy atom. The highest BCUT2D eigenvalue weighted by Crippen LogP contribution is 2.31. The van der Waals surface area contributed by atoms with Crippen LogP contribution in [0.4, 0.5) is 5.82 Å². The Labute approximate surface area is 181 Å². The van der Waals surface area contributed by atoms with Gasteiger partial charge in [-0.3, -0.25) is 4.99 Å². The Morgan fingerprint density at radius 3 is 2.48 bits per heavy atom. The molecule has 0 spiro atoms. The number of tetrazole rings is 1. The number of benzene rings is 2. The van der Waals surface area contributed by atoms with Gasteiger partial charge in [-0.1, -0.05) is 55.5 Å². The maximum atomic E-state index is 4.67. The third-order valence-corrected chi connectivity index (χ3v) is 5.79. The Bertz CT molecular complexity index is 1230. The Balaban J connectivity index is 1.47. The van der Waals surface area contributed by atoms with Gasteiger partial charge >= 0.3 is 0 Å². The van der Waals surface area contributed by atoms with Crippen LogP contribution in [0.3, 0.4) is 0 Å². The molecule has 1 atom stereocenters. The zero-order chi connectivity index (χ0) is 21.4. The van der Waals surface area contributed by atoms with Crippen molar-refractivity contribution in [1.82, 2.24) is 25.2 Å². The lowest BCUT2D eigenvalue weighted by molar-refractivity contribution is 0.731. The highest BCUT2D eigenvalue weighted by Gasteiger charge is 2.21. The van der Waals surface area contributed by atoms with Crippen LogP contribution in [0.1, 0.15) is 37.6 Å². The minimum Gasteiger partial charge on any atom is -0.350 e. The summed E-state index contributed by atoms with van der Waals surface area (Å²) in [4.78, 5) is 4.67. The van der Waals surface area contributed by atoms with Crippen molar-refractivity contribution in [2.75, 3.05) is 5.32 Å². The largest absolute Gasteiger partial charge is 0.350 e. The summed E-state index contributed by atoms with van der Waals surface area (Å²) in [5, 5.41) is 18.1. The van der Waals surface area contributed by atoms with Gasteiger partial charge in [0.1, 0.15) is 12.0 Å². The first-order valence-electron chi connectivity index (χ1n) is 10.6. The van der Waals surface area contributed by atoms with Crippen LogP contribution in [0.2, 0.25) is 0 Å². The number of nitrogens with one attached hydrogen (secondary N) is 2. The minimum absolute atomic E-state index is 0.0925. The van der Waals surface area contributed by atoms with Gasteiger partial charge in [-0.2, -0.15) is 5.21 Å². The van der Waals surface area contributed by atoms with Gasteiger partial charge in [-0.25, -0.2) is 0 Å². The van der Waals surface area contributed by atoms with E-state index in [-0.39, 0.29) is 6.17 Å². The second-order valence-electron chi connectivity index (χ2n) is 7.85. The van der Waals surface area contributed by atoms with Gasteiger partial charge in [0.2, 0.25) is 5.82 Å². The van der Waals surface area contributed by atoms with Gasteiger partial charge in [0, 0.05) is 29.1 Å². The second kappa shape index (κ2) is 7.83. The Kier molecular flexibility index (Phi) is 4.86. The Hall–Kier alpha value is -3.74. The molecule has 3 heterocycles. The number of aliphatic imine (C=N–C) groups is 1. The first-order valence-corrected chi connectivity index (χ1v) is 10.6. The number of aryl methyl sites for hydroxylation is 1. The fourth-order valence-electron chi connectivity index (χ4n) is 4.28. The van der Waals surface area contributed by atoms with Crippen LogP contribution in [-0.4, -0.2) is 37.1 Å². The van der Waals surface area contributed by atoms with Crippen molar-refractivity contribution in [3.63, 3.8) is 0 Å². The van der Waals surface area contributed by atoms with E-state index in [1.807, 2.05) is 18.2 Å². The predicted octanol–water partition coefficient (Wildman–Crippen LogP) is 4.53. The van der Waals surface area contributed by atoms with Crippen LogP contribution in [0.5, 0.6) is 0 Å². The van der Waals surface area contributed by atoms with Gasteiger partial charge < -0.3 is 9.88 Å². The molecule has 1 unspecified atom stereocenters. The predicted molar refractivity (Wildman–Crippen MR) is 123 cm³/mol. The first kappa shape index (κ1) is 19.2. The van der Waals surface area contributed by atoms with Gasteiger partial charge in [-0.05, 0) is 48.2 Å². The van der Waals surface area contributed by atoms with Crippen LogP contribution in [0, 0.1) is 0 Å². The fourth-order valence-corrected chi connectivity index (χ4v) is 4.28. The number of H-pyrrole nitrogens is 1. The SMILES string of the molecule is CCc1cc2c(n1Cc1ccc(-c3ccccc3-c3nn[nH]n3)cc1)NC(C)N=C2C. The quantitative estimate of drug-likeness (QED) is 0.505. The molecule has 5 rings (SSSR count). The highest BCUT2D eigenvalue weighted by molar-refractivity contribution is 6.04. The van der Waals surface area contributed by atoms with E-state index >= 15 is 0 Å². The molecule has 0 saturated heterocycles. The monoisotopic (exact) mass is 411 g/mol. The maximum absolute atomic E-state index is 4.67. The molecule has 0 amide bonds. The first-order chi connectivity index (χ1) is 15.1. The van der Waals surface area contributed by atoms with Crippen molar-refractivity contribution in [2.24, 2.45) is 4.99 Å². The van der Waals surface area contributed by atoms with E-state index in [0.717, 1.165) is 35.4 Å². The lowest BCUT2D eigenvalue weighted by Gasteiger charge is -2.22. The summed E-state index contributed by atoms with van der Waals surface area (Å²) < 4.78 is 2.38. The lowest BCUT2D eigenvalue weighted by atomic mass is 9.98. The molecule has 7 nitrogen and oxygen atoms in total. The molecule has 2 N–H and O–H groups in total. The van der Waals surface area contributed by atoms with Crippen molar-refractivity contribution in [3.8, 4) is 22.5 Å². The number of aromatic nitrogens is 5. The van der Waals surface area contributed by atoms with Crippen molar-refractivity contribution < 1.29 is 0 Å². The van der Waals surface area contributed by atoms with E-state index in [9.17, 15) is 0 Å². The smallest absolute Gasteiger partial charge is 0.205 e. The average Bonchev–Trinajstić information content (AvgIpc) is 3.43. The average molecular weight is 412 g/mol. The molecule has 0 aliphatic carbocycles. The van der Waals surface area contributed by atoms with Crippen LogP contribution in [0.15, 0.2) is 59.6 Å². The molecule has 0 saturated carbocycles. The number of nitrogens with zero attached hydrogens (tertiary/aromatic N) is 5. The van der Waals surface area contributed by atoms with Crippen molar-refractivity contribution in [1.29, 1.82) is 0 Å². The van der Waals surface area contributed by atoms with Crippen molar-refractivity contribution in [3.05, 3.63) is 71.4 Å². The standard InChI is InChI=1S/C24H25N7/c1-4-19-13-22-15(2)25-16(3)26-24(22)31(19)14-17-9-11-18(12-10-17)20-7-5-6-8-21(20)23-27-29-30-28-23/h5-13,16,26H,4,14H2,1-3H3,(H,27,28,29,30). The summed E-state index contributed by atoms with van der Waals surface area (Å²) >= 11 is 0. The third kappa shape index (κ3) is 3.52.